The summed E-state index contributed by atoms with van der Waals surface area (Å²) in [6.07, 6.45) is 2.62. The number of nitrogens with zero attached hydrogens (tertiary/aromatic N) is 1. The predicted molar refractivity (Wildman–Crippen MR) is 95.8 cm³/mol. The molecule has 2 fully saturated rings. The van der Waals surface area contributed by atoms with Gasteiger partial charge in [0, 0.05) is 29.7 Å². The van der Waals surface area contributed by atoms with Crippen LogP contribution >= 0.6 is 0 Å². The van der Waals surface area contributed by atoms with E-state index >= 15 is 0 Å². The summed E-state index contributed by atoms with van der Waals surface area (Å²) in [5.41, 5.74) is 0.116. The Morgan fingerprint density at radius 3 is 2.56 bits per heavy atom. The van der Waals surface area contributed by atoms with E-state index in [-0.39, 0.29) is 34.9 Å². The fraction of sp³-hybridized carbons (Fsp3) is 0.526. The van der Waals surface area contributed by atoms with Gasteiger partial charge in [-0.3, -0.25) is 24.5 Å². The molecule has 3 rings (SSSR count). The standard InChI is InChI=1S/C19H22N2O6/c1-11(18(23)20-15-6-3-7-16(10-15)21(25)26)27-19(24)14-8-12-4-2-5-13(9-14)17(12)22/h3,6-7,10-14H,2,4-5,8-9H2,1H3,(H,20,23)/t11-,12-,13+,14?/m0/s1. The molecule has 2 aliphatic carbocycles. The van der Waals surface area contributed by atoms with Crippen molar-refractivity contribution in [2.75, 3.05) is 5.32 Å². The van der Waals surface area contributed by atoms with Crippen LogP contribution in [0.15, 0.2) is 24.3 Å². The topological polar surface area (TPSA) is 116 Å². The number of carbonyl (C=O) groups excluding carboxylic acids is 3. The quantitative estimate of drug-likeness (QED) is 0.481. The Labute approximate surface area is 156 Å². The third-order valence-electron chi connectivity index (χ3n) is 5.37. The molecule has 0 saturated heterocycles. The Hall–Kier alpha value is -2.77. The molecule has 1 N–H and O–H groups in total. The number of amides is 1. The second-order valence-corrected chi connectivity index (χ2v) is 7.27. The molecule has 2 saturated carbocycles. The van der Waals surface area contributed by atoms with Gasteiger partial charge in [-0.05, 0) is 38.7 Å². The smallest absolute Gasteiger partial charge is 0.309 e. The molecule has 1 aromatic carbocycles. The summed E-state index contributed by atoms with van der Waals surface area (Å²) < 4.78 is 5.31. The van der Waals surface area contributed by atoms with E-state index in [0.29, 0.717) is 12.8 Å². The Morgan fingerprint density at radius 1 is 1.26 bits per heavy atom. The van der Waals surface area contributed by atoms with Gasteiger partial charge in [0.25, 0.3) is 11.6 Å². The molecule has 1 aromatic rings. The summed E-state index contributed by atoms with van der Waals surface area (Å²) in [5, 5.41) is 13.3. The molecule has 0 heterocycles. The molecule has 8 nitrogen and oxygen atoms in total. The minimum atomic E-state index is -1.03. The maximum atomic E-state index is 12.4. The normalized spacial score (nSPS) is 25.4. The zero-order valence-corrected chi connectivity index (χ0v) is 15.1. The van der Waals surface area contributed by atoms with Crippen LogP contribution in [-0.2, 0) is 19.1 Å². The first-order chi connectivity index (χ1) is 12.8. The first-order valence-corrected chi connectivity index (χ1v) is 9.14. The number of hydrogen-bond donors (Lipinski definition) is 1. The number of esters is 1. The highest BCUT2D eigenvalue weighted by Crippen LogP contribution is 2.40. The number of anilines is 1. The summed E-state index contributed by atoms with van der Waals surface area (Å²) in [6, 6.07) is 5.54. The van der Waals surface area contributed by atoms with Gasteiger partial charge >= 0.3 is 5.97 Å². The van der Waals surface area contributed by atoms with Gasteiger partial charge in [0.05, 0.1) is 10.8 Å². The summed E-state index contributed by atoms with van der Waals surface area (Å²) in [4.78, 5) is 47.1. The van der Waals surface area contributed by atoms with Crippen molar-refractivity contribution >= 4 is 29.0 Å². The Kier molecular flexibility index (Phi) is 5.53. The lowest BCUT2D eigenvalue weighted by Gasteiger charge is -2.36. The molecule has 0 radical (unpaired) electrons. The number of benzene rings is 1. The van der Waals surface area contributed by atoms with E-state index in [1.807, 2.05) is 0 Å². The fourth-order valence-electron chi connectivity index (χ4n) is 3.94. The van der Waals surface area contributed by atoms with Crippen molar-refractivity contribution in [3.8, 4) is 0 Å². The van der Waals surface area contributed by atoms with Crippen LogP contribution in [0, 0.1) is 27.9 Å². The Bertz CT molecular complexity index is 761. The van der Waals surface area contributed by atoms with Gasteiger partial charge in [-0.25, -0.2) is 0 Å². The number of hydrogen-bond acceptors (Lipinski definition) is 6. The summed E-state index contributed by atoms with van der Waals surface area (Å²) in [7, 11) is 0. The van der Waals surface area contributed by atoms with Crippen LogP contribution < -0.4 is 5.32 Å². The molecule has 0 aromatic heterocycles. The molecule has 2 bridgehead atoms. The molecule has 1 amide bonds. The molecule has 144 valence electrons. The number of fused-ring (bicyclic) bond motifs is 2. The fourth-order valence-corrected chi connectivity index (χ4v) is 3.94. The molecular weight excluding hydrogens is 352 g/mol. The van der Waals surface area contributed by atoms with E-state index < -0.39 is 22.9 Å². The van der Waals surface area contributed by atoms with E-state index in [0.717, 1.165) is 19.3 Å². The molecule has 0 spiro atoms. The lowest BCUT2D eigenvalue weighted by Crippen LogP contribution is -2.41. The van der Waals surface area contributed by atoms with Crippen molar-refractivity contribution in [1.29, 1.82) is 0 Å². The van der Waals surface area contributed by atoms with Crippen molar-refractivity contribution in [3.63, 3.8) is 0 Å². The predicted octanol–water partition coefficient (Wildman–Crippen LogP) is 2.86. The first kappa shape index (κ1) is 19.0. The van der Waals surface area contributed by atoms with E-state index in [9.17, 15) is 24.5 Å². The Balaban J connectivity index is 1.56. The number of nitrogens with one attached hydrogen (secondary N) is 1. The van der Waals surface area contributed by atoms with E-state index in [1.165, 1.54) is 31.2 Å². The third-order valence-corrected chi connectivity index (χ3v) is 5.37. The van der Waals surface area contributed by atoms with Crippen molar-refractivity contribution in [2.24, 2.45) is 17.8 Å². The molecule has 0 aliphatic heterocycles. The SMILES string of the molecule is C[C@H](OC(=O)C1C[C@H]2CCC[C@@H](C1)C2=O)C(=O)Nc1cccc([N+](=O)[O-])c1. The number of ether oxygens (including phenoxy) is 1. The molecule has 8 heteroatoms. The average molecular weight is 374 g/mol. The van der Waals surface area contributed by atoms with Crippen LogP contribution in [0.1, 0.15) is 39.0 Å². The monoisotopic (exact) mass is 374 g/mol. The molecule has 4 atom stereocenters. The van der Waals surface area contributed by atoms with Gasteiger partial charge in [-0.15, -0.1) is 0 Å². The number of rotatable bonds is 5. The van der Waals surface area contributed by atoms with E-state index in [2.05, 4.69) is 5.32 Å². The number of carbonyl (C=O) groups is 3. The second kappa shape index (κ2) is 7.85. The van der Waals surface area contributed by atoms with Crippen molar-refractivity contribution in [3.05, 3.63) is 34.4 Å². The zero-order valence-electron chi connectivity index (χ0n) is 15.1. The van der Waals surface area contributed by atoms with Crippen molar-refractivity contribution < 1.29 is 24.0 Å². The van der Waals surface area contributed by atoms with Crippen molar-refractivity contribution in [1.82, 2.24) is 0 Å². The van der Waals surface area contributed by atoms with Crippen LogP contribution in [0.5, 0.6) is 0 Å². The molecule has 27 heavy (non-hydrogen) atoms. The summed E-state index contributed by atoms with van der Waals surface area (Å²) in [5.74, 6) is -1.24. The number of ketones is 1. The highest BCUT2D eigenvalue weighted by molar-refractivity contribution is 5.95. The number of non-ortho nitro benzene ring substituents is 1. The largest absolute Gasteiger partial charge is 0.452 e. The third kappa shape index (κ3) is 4.32. The number of nitro benzene ring substituents is 1. The van der Waals surface area contributed by atoms with E-state index in [4.69, 9.17) is 4.74 Å². The van der Waals surface area contributed by atoms with Gasteiger partial charge in [0.2, 0.25) is 0 Å². The molecular formula is C19H22N2O6. The van der Waals surface area contributed by atoms with Crippen LogP contribution in [0.3, 0.4) is 0 Å². The van der Waals surface area contributed by atoms with Gasteiger partial charge in [0.1, 0.15) is 5.78 Å². The maximum Gasteiger partial charge on any atom is 0.309 e. The highest BCUT2D eigenvalue weighted by atomic mass is 16.6. The van der Waals surface area contributed by atoms with Crippen molar-refractivity contribution in [2.45, 2.75) is 45.1 Å². The summed E-state index contributed by atoms with van der Waals surface area (Å²) in [6.45, 7) is 1.46. The Morgan fingerprint density at radius 2 is 1.93 bits per heavy atom. The number of Topliss-reactive ketones (excluding diaryl/α,β-unsaturated/α-hetero) is 1. The summed E-state index contributed by atoms with van der Waals surface area (Å²) >= 11 is 0. The van der Waals surface area contributed by atoms with E-state index in [1.54, 1.807) is 0 Å². The van der Waals surface area contributed by atoms with Crippen LogP contribution in [0.4, 0.5) is 11.4 Å². The maximum absolute atomic E-state index is 12.4. The minimum Gasteiger partial charge on any atom is -0.452 e. The number of nitro groups is 1. The van der Waals surface area contributed by atoms with Gasteiger partial charge in [0.15, 0.2) is 6.10 Å². The zero-order chi connectivity index (χ0) is 19.6. The van der Waals surface area contributed by atoms with Gasteiger partial charge < -0.3 is 10.1 Å². The van der Waals surface area contributed by atoms with Gasteiger partial charge in [-0.1, -0.05) is 12.5 Å². The first-order valence-electron chi connectivity index (χ1n) is 9.14. The molecule has 1 unspecified atom stereocenters. The second-order valence-electron chi connectivity index (χ2n) is 7.27. The van der Waals surface area contributed by atoms with Gasteiger partial charge in [-0.2, -0.15) is 0 Å². The van der Waals surface area contributed by atoms with Crippen LogP contribution in [-0.4, -0.2) is 28.7 Å². The minimum absolute atomic E-state index is 0.0657. The highest BCUT2D eigenvalue weighted by Gasteiger charge is 2.42. The van der Waals surface area contributed by atoms with Crippen LogP contribution in [0.2, 0.25) is 0 Å². The van der Waals surface area contributed by atoms with Crippen LogP contribution in [0.25, 0.3) is 0 Å². The average Bonchev–Trinajstić information content (AvgIpc) is 2.61. The molecule has 2 aliphatic rings. The lowest BCUT2D eigenvalue weighted by atomic mass is 9.67. The lowest BCUT2D eigenvalue weighted by molar-refractivity contribution is -0.384.